The van der Waals surface area contributed by atoms with Crippen LogP contribution < -0.4 is 19.5 Å². The zero-order valence-corrected chi connectivity index (χ0v) is 13.2. The lowest BCUT2D eigenvalue weighted by atomic mass is 10.2. The van der Waals surface area contributed by atoms with E-state index in [0.717, 1.165) is 25.8 Å². The summed E-state index contributed by atoms with van der Waals surface area (Å²) in [6.45, 7) is 1.42. The van der Waals surface area contributed by atoms with Crippen molar-refractivity contribution in [2.75, 3.05) is 27.3 Å². The molecule has 6 nitrogen and oxygen atoms in total. The fraction of sp³-hybridized carbons (Fsp3) is 0.571. The van der Waals surface area contributed by atoms with Crippen LogP contribution in [0.25, 0.3) is 0 Å². The van der Waals surface area contributed by atoms with Gasteiger partial charge in [0, 0.05) is 18.7 Å². The lowest BCUT2D eigenvalue weighted by Gasteiger charge is -2.14. The molecule has 7 heteroatoms. The zero-order valence-electron chi connectivity index (χ0n) is 12.4. The second-order valence-electron chi connectivity index (χ2n) is 5.00. The van der Waals surface area contributed by atoms with Crippen LogP contribution in [0.3, 0.4) is 0 Å². The minimum Gasteiger partial charge on any atom is -0.497 e. The summed E-state index contributed by atoms with van der Waals surface area (Å²) in [5, 5.41) is 3.34. The Morgan fingerprint density at radius 1 is 1.33 bits per heavy atom. The van der Waals surface area contributed by atoms with Crippen LogP contribution >= 0.6 is 0 Å². The van der Waals surface area contributed by atoms with E-state index < -0.39 is 10.0 Å². The van der Waals surface area contributed by atoms with Crippen molar-refractivity contribution >= 4 is 10.0 Å². The number of nitrogens with one attached hydrogen (secondary N) is 2. The van der Waals surface area contributed by atoms with E-state index in [1.807, 2.05) is 0 Å². The van der Waals surface area contributed by atoms with Crippen molar-refractivity contribution in [2.24, 2.45) is 0 Å². The molecule has 0 amide bonds. The highest BCUT2D eigenvalue weighted by Gasteiger charge is 2.21. The smallest absolute Gasteiger partial charge is 0.244 e. The van der Waals surface area contributed by atoms with Gasteiger partial charge in [-0.3, -0.25) is 0 Å². The van der Waals surface area contributed by atoms with Crippen LogP contribution in [-0.4, -0.2) is 41.8 Å². The quantitative estimate of drug-likeness (QED) is 0.789. The van der Waals surface area contributed by atoms with E-state index in [-0.39, 0.29) is 4.90 Å². The predicted octanol–water partition coefficient (Wildman–Crippen LogP) is 1.12. The highest BCUT2D eigenvalue weighted by atomic mass is 32.2. The normalized spacial score (nSPS) is 18.7. The summed E-state index contributed by atoms with van der Waals surface area (Å²) in [5.41, 5.74) is 0. The van der Waals surface area contributed by atoms with E-state index in [0.29, 0.717) is 24.1 Å². The van der Waals surface area contributed by atoms with Gasteiger partial charge in [0.15, 0.2) is 0 Å². The van der Waals surface area contributed by atoms with Crippen LogP contribution in [-0.2, 0) is 10.0 Å². The van der Waals surface area contributed by atoms with Crippen molar-refractivity contribution in [3.05, 3.63) is 18.2 Å². The Morgan fingerprint density at radius 3 is 2.76 bits per heavy atom. The fourth-order valence-corrected chi connectivity index (χ4v) is 3.67. The van der Waals surface area contributed by atoms with E-state index in [2.05, 4.69) is 10.0 Å². The van der Waals surface area contributed by atoms with Crippen molar-refractivity contribution in [2.45, 2.75) is 30.2 Å². The molecule has 1 heterocycles. The molecule has 0 saturated carbocycles. The number of hydrogen-bond acceptors (Lipinski definition) is 5. The summed E-state index contributed by atoms with van der Waals surface area (Å²) < 4.78 is 37.6. The Morgan fingerprint density at radius 2 is 2.14 bits per heavy atom. The standard InChI is InChI=1S/C14H22N2O4S/c1-19-12-5-6-13(20-2)14(10-12)21(17,18)16-9-7-11-4-3-8-15-11/h5-6,10-11,15-16H,3-4,7-9H2,1-2H3/t11-/m1/s1. The fourth-order valence-electron chi connectivity index (χ4n) is 2.44. The van der Waals surface area contributed by atoms with Gasteiger partial charge in [0.25, 0.3) is 0 Å². The summed E-state index contributed by atoms with van der Waals surface area (Å²) in [7, 11) is -0.665. The molecule has 0 radical (unpaired) electrons. The van der Waals surface area contributed by atoms with Gasteiger partial charge >= 0.3 is 0 Å². The van der Waals surface area contributed by atoms with Gasteiger partial charge in [-0.15, -0.1) is 0 Å². The maximum Gasteiger partial charge on any atom is 0.244 e. The summed E-state index contributed by atoms with van der Waals surface area (Å²) >= 11 is 0. The van der Waals surface area contributed by atoms with Crippen LogP contribution in [0.1, 0.15) is 19.3 Å². The molecule has 2 rings (SSSR count). The SMILES string of the molecule is COc1ccc(OC)c(S(=O)(=O)NCC[C@H]2CCCN2)c1. The largest absolute Gasteiger partial charge is 0.497 e. The Bertz CT molecular complexity index is 568. The lowest BCUT2D eigenvalue weighted by Crippen LogP contribution is -2.30. The van der Waals surface area contributed by atoms with Gasteiger partial charge in [0.1, 0.15) is 16.4 Å². The van der Waals surface area contributed by atoms with Gasteiger partial charge in [-0.25, -0.2) is 13.1 Å². The summed E-state index contributed by atoms with van der Waals surface area (Å²) in [5.74, 6) is 0.788. The Hall–Kier alpha value is -1.31. The van der Waals surface area contributed by atoms with Crippen LogP contribution in [0, 0.1) is 0 Å². The van der Waals surface area contributed by atoms with E-state index in [4.69, 9.17) is 9.47 Å². The minimum atomic E-state index is -3.61. The van der Waals surface area contributed by atoms with Crippen LogP contribution in [0.2, 0.25) is 0 Å². The predicted molar refractivity (Wildman–Crippen MR) is 80.4 cm³/mol. The number of sulfonamides is 1. The van der Waals surface area contributed by atoms with Crippen LogP contribution in [0.5, 0.6) is 11.5 Å². The molecule has 1 saturated heterocycles. The lowest BCUT2D eigenvalue weighted by molar-refractivity contribution is 0.392. The molecule has 0 bridgehead atoms. The zero-order chi connectivity index (χ0) is 15.3. The van der Waals surface area contributed by atoms with Gasteiger partial charge in [0.2, 0.25) is 10.0 Å². The summed E-state index contributed by atoms with van der Waals surface area (Å²) in [6, 6.07) is 5.13. The Balaban J connectivity index is 2.06. The third kappa shape index (κ3) is 4.09. The van der Waals surface area contributed by atoms with Crippen molar-refractivity contribution in [3.63, 3.8) is 0 Å². The molecule has 118 valence electrons. The first-order valence-electron chi connectivity index (χ1n) is 7.02. The average molecular weight is 314 g/mol. The molecule has 0 aliphatic carbocycles. The third-order valence-electron chi connectivity index (χ3n) is 3.61. The van der Waals surface area contributed by atoms with E-state index >= 15 is 0 Å². The number of benzene rings is 1. The molecule has 1 fully saturated rings. The highest BCUT2D eigenvalue weighted by Crippen LogP contribution is 2.27. The Labute approximate surface area is 125 Å². The van der Waals surface area contributed by atoms with Crippen molar-refractivity contribution < 1.29 is 17.9 Å². The van der Waals surface area contributed by atoms with Gasteiger partial charge in [-0.2, -0.15) is 0 Å². The molecule has 0 aromatic heterocycles. The van der Waals surface area contributed by atoms with E-state index in [1.165, 1.54) is 20.3 Å². The molecule has 0 spiro atoms. The first-order valence-corrected chi connectivity index (χ1v) is 8.50. The van der Waals surface area contributed by atoms with Gasteiger partial charge in [-0.1, -0.05) is 0 Å². The summed E-state index contributed by atoms with van der Waals surface area (Å²) in [4.78, 5) is 0.101. The van der Waals surface area contributed by atoms with Crippen molar-refractivity contribution in [3.8, 4) is 11.5 Å². The molecule has 21 heavy (non-hydrogen) atoms. The number of hydrogen-bond donors (Lipinski definition) is 2. The molecular formula is C14H22N2O4S. The first kappa shape index (κ1) is 16.1. The molecule has 1 aromatic carbocycles. The Kier molecular flexibility index (Phi) is 5.44. The molecule has 2 N–H and O–H groups in total. The molecule has 1 aromatic rings. The van der Waals surface area contributed by atoms with Crippen molar-refractivity contribution in [1.29, 1.82) is 0 Å². The number of methoxy groups -OCH3 is 2. The second-order valence-corrected chi connectivity index (χ2v) is 6.73. The summed E-state index contributed by atoms with van der Waals surface area (Å²) in [6.07, 6.45) is 3.04. The second kappa shape index (κ2) is 7.11. The molecule has 1 atom stereocenters. The first-order chi connectivity index (χ1) is 10.1. The van der Waals surface area contributed by atoms with Crippen LogP contribution in [0.4, 0.5) is 0 Å². The number of rotatable bonds is 7. The van der Waals surface area contributed by atoms with Gasteiger partial charge < -0.3 is 14.8 Å². The number of ether oxygens (including phenoxy) is 2. The van der Waals surface area contributed by atoms with Crippen molar-refractivity contribution in [1.82, 2.24) is 10.0 Å². The molecular weight excluding hydrogens is 292 g/mol. The molecule has 1 aliphatic heterocycles. The van der Waals surface area contributed by atoms with Crippen LogP contribution in [0.15, 0.2) is 23.1 Å². The average Bonchev–Trinajstić information content (AvgIpc) is 2.99. The maximum absolute atomic E-state index is 12.4. The molecule has 0 unspecified atom stereocenters. The van der Waals surface area contributed by atoms with Gasteiger partial charge in [0.05, 0.1) is 14.2 Å². The molecule has 1 aliphatic rings. The minimum absolute atomic E-state index is 0.101. The highest BCUT2D eigenvalue weighted by molar-refractivity contribution is 7.89. The van der Waals surface area contributed by atoms with Gasteiger partial charge in [-0.05, 0) is 37.9 Å². The van der Waals surface area contributed by atoms with E-state index in [1.54, 1.807) is 12.1 Å². The third-order valence-corrected chi connectivity index (χ3v) is 5.09. The topological polar surface area (TPSA) is 76.7 Å². The van der Waals surface area contributed by atoms with E-state index in [9.17, 15) is 8.42 Å². The monoisotopic (exact) mass is 314 g/mol. The maximum atomic E-state index is 12.4.